The molecule has 108 valence electrons. The number of hydrogen-bond donors (Lipinski definition) is 1. The quantitative estimate of drug-likeness (QED) is 0.598. The molecule has 0 aliphatic heterocycles. The molecule has 0 fully saturated rings. The van der Waals surface area contributed by atoms with Gasteiger partial charge in [0.2, 0.25) is 0 Å². The molecule has 0 heterocycles. The predicted molar refractivity (Wildman–Crippen MR) is 75.0 cm³/mol. The second-order valence-corrected chi connectivity index (χ2v) is 11.1. The Hall–Kier alpha value is -0.393. The fourth-order valence-corrected chi connectivity index (χ4v) is 2.45. The largest absolute Gasteiger partial charge is 0.464 e. The highest BCUT2D eigenvalue weighted by Crippen LogP contribution is 2.37. The molecule has 0 aromatic heterocycles. The van der Waals surface area contributed by atoms with E-state index < -0.39 is 20.5 Å². The Morgan fingerprint density at radius 2 is 1.78 bits per heavy atom. The van der Waals surface area contributed by atoms with Crippen molar-refractivity contribution >= 4 is 14.3 Å². The van der Waals surface area contributed by atoms with Crippen molar-refractivity contribution in [3.8, 4) is 0 Å². The molecule has 0 amide bonds. The summed E-state index contributed by atoms with van der Waals surface area (Å²) in [6, 6.07) is 0. The van der Waals surface area contributed by atoms with Gasteiger partial charge in [-0.25, -0.2) is 4.79 Å². The van der Waals surface area contributed by atoms with Gasteiger partial charge in [-0.15, -0.1) is 0 Å². The smallest absolute Gasteiger partial charge is 0.333 e. The average Bonchev–Trinajstić information content (AvgIpc) is 2.14. The topological polar surface area (TPSA) is 55.8 Å². The molecule has 0 rings (SSSR count). The maximum Gasteiger partial charge on any atom is 0.333 e. The second kappa shape index (κ2) is 6.68. The summed E-state index contributed by atoms with van der Waals surface area (Å²) >= 11 is 0. The van der Waals surface area contributed by atoms with Crippen molar-refractivity contribution < 1.29 is 19.1 Å². The fourth-order valence-electron chi connectivity index (χ4n) is 1.11. The summed E-state index contributed by atoms with van der Waals surface area (Å²) in [5.41, 5.74) is 0. The van der Waals surface area contributed by atoms with Gasteiger partial charge in [0, 0.05) is 6.42 Å². The van der Waals surface area contributed by atoms with E-state index in [0.717, 1.165) is 0 Å². The van der Waals surface area contributed by atoms with Gasteiger partial charge in [0.25, 0.3) is 0 Å². The molecule has 0 aromatic carbocycles. The Morgan fingerprint density at radius 3 is 2.17 bits per heavy atom. The van der Waals surface area contributed by atoms with Gasteiger partial charge in [0.1, 0.15) is 6.10 Å². The van der Waals surface area contributed by atoms with Crippen molar-refractivity contribution in [2.75, 3.05) is 6.61 Å². The fraction of sp³-hybridized carbons (Fsp3) is 0.923. The molecule has 4 nitrogen and oxygen atoms in total. The van der Waals surface area contributed by atoms with E-state index in [2.05, 4.69) is 33.9 Å². The van der Waals surface area contributed by atoms with Gasteiger partial charge in [0.15, 0.2) is 8.32 Å². The zero-order valence-corrected chi connectivity index (χ0v) is 13.7. The third-order valence-electron chi connectivity index (χ3n) is 3.39. The molecule has 1 N–H and O–H groups in total. The molecule has 0 spiro atoms. The van der Waals surface area contributed by atoms with E-state index in [4.69, 9.17) is 14.3 Å². The van der Waals surface area contributed by atoms with E-state index in [1.54, 1.807) is 13.8 Å². The number of ether oxygens (including phenoxy) is 1. The summed E-state index contributed by atoms with van der Waals surface area (Å²) in [5.74, 6) is -0.347. The van der Waals surface area contributed by atoms with E-state index in [-0.39, 0.29) is 17.6 Å². The summed E-state index contributed by atoms with van der Waals surface area (Å²) in [4.78, 5) is 11.7. The summed E-state index contributed by atoms with van der Waals surface area (Å²) < 4.78 is 11.0. The molecular weight excluding hydrogens is 248 g/mol. The molecule has 0 saturated heterocycles. The molecule has 0 aliphatic carbocycles. The Balaban J connectivity index is 4.24. The van der Waals surface area contributed by atoms with Crippen molar-refractivity contribution in [2.45, 2.75) is 71.4 Å². The lowest BCUT2D eigenvalue weighted by Crippen LogP contribution is -2.45. The number of carbonyl (C=O) groups excluding carboxylic acids is 1. The van der Waals surface area contributed by atoms with E-state index in [1.807, 2.05) is 0 Å². The summed E-state index contributed by atoms with van der Waals surface area (Å²) in [5, 5.41) is 9.15. The Labute approximate surface area is 112 Å². The summed E-state index contributed by atoms with van der Waals surface area (Å²) in [6.07, 6.45) is -0.534. The second-order valence-electron chi connectivity index (χ2n) is 6.33. The minimum atomic E-state index is -1.94. The van der Waals surface area contributed by atoms with Crippen molar-refractivity contribution in [1.82, 2.24) is 0 Å². The third-order valence-corrected chi connectivity index (χ3v) is 7.94. The molecule has 0 aromatic rings. The molecular formula is C13H28O4Si. The molecule has 2 atom stereocenters. The van der Waals surface area contributed by atoms with Crippen LogP contribution in [0.1, 0.15) is 41.0 Å². The average molecular weight is 276 g/mol. The molecule has 0 saturated carbocycles. The van der Waals surface area contributed by atoms with Crippen LogP contribution in [0.15, 0.2) is 0 Å². The standard InChI is InChI=1S/C13H28O4Si/c1-10(14)8-9-16-12(15)11(2)17-18(6,7)13(3,4)5/h10-11,14H,8-9H2,1-7H3/t10-,11+/m1/s1. The van der Waals surface area contributed by atoms with Gasteiger partial charge in [-0.05, 0) is 32.0 Å². The van der Waals surface area contributed by atoms with Crippen LogP contribution in [0.25, 0.3) is 0 Å². The van der Waals surface area contributed by atoms with Gasteiger partial charge in [-0.3, -0.25) is 0 Å². The highest BCUT2D eigenvalue weighted by molar-refractivity contribution is 6.74. The van der Waals surface area contributed by atoms with Gasteiger partial charge < -0.3 is 14.3 Å². The van der Waals surface area contributed by atoms with Gasteiger partial charge in [-0.1, -0.05) is 20.8 Å². The SMILES string of the molecule is C[C@H](O[Si](C)(C)C(C)(C)C)C(=O)OCC[C@@H](C)O. The number of rotatable bonds is 6. The van der Waals surface area contributed by atoms with E-state index in [1.165, 1.54) is 0 Å². The molecule has 5 heteroatoms. The predicted octanol–water partition coefficient (Wildman–Crippen LogP) is 2.71. The minimum Gasteiger partial charge on any atom is -0.464 e. The number of carbonyl (C=O) groups is 1. The Morgan fingerprint density at radius 1 is 1.28 bits per heavy atom. The highest BCUT2D eigenvalue weighted by Gasteiger charge is 2.39. The first kappa shape index (κ1) is 17.6. The van der Waals surface area contributed by atoms with Gasteiger partial charge in [-0.2, -0.15) is 0 Å². The first-order chi connectivity index (χ1) is 7.97. The number of aliphatic hydroxyl groups excluding tert-OH is 1. The van der Waals surface area contributed by atoms with Crippen LogP contribution in [0, 0.1) is 0 Å². The number of hydrogen-bond acceptors (Lipinski definition) is 4. The normalized spacial score (nSPS) is 16.2. The van der Waals surface area contributed by atoms with Crippen LogP contribution >= 0.6 is 0 Å². The van der Waals surface area contributed by atoms with Crippen LogP contribution in [0.5, 0.6) is 0 Å². The third kappa shape index (κ3) is 5.98. The van der Waals surface area contributed by atoms with Crippen molar-refractivity contribution in [1.29, 1.82) is 0 Å². The molecule has 0 radical (unpaired) electrons. The van der Waals surface area contributed by atoms with E-state index in [9.17, 15) is 4.79 Å². The molecule has 0 unspecified atom stereocenters. The van der Waals surface area contributed by atoms with Crippen molar-refractivity contribution in [2.24, 2.45) is 0 Å². The first-order valence-electron chi connectivity index (χ1n) is 6.50. The highest BCUT2D eigenvalue weighted by atomic mass is 28.4. The van der Waals surface area contributed by atoms with Crippen molar-refractivity contribution in [3.05, 3.63) is 0 Å². The molecule has 18 heavy (non-hydrogen) atoms. The lowest BCUT2D eigenvalue weighted by atomic mass is 10.2. The summed E-state index contributed by atoms with van der Waals surface area (Å²) in [7, 11) is -1.94. The summed E-state index contributed by atoms with van der Waals surface area (Å²) in [6.45, 7) is 14.2. The maximum absolute atomic E-state index is 11.7. The monoisotopic (exact) mass is 276 g/mol. The minimum absolute atomic E-state index is 0.0706. The van der Waals surface area contributed by atoms with Crippen LogP contribution in [0.3, 0.4) is 0 Å². The Bertz CT molecular complexity index is 269. The first-order valence-corrected chi connectivity index (χ1v) is 9.40. The van der Waals surface area contributed by atoms with Gasteiger partial charge in [0.05, 0.1) is 12.7 Å². The Kier molecular flexibility index (Phi) is 6.53. The zero-order valence-electron chi connectivity index (χ0n) is 12.7. The van der Waals surface area contributed by atoms with Crippen LogP contribution in [0.4, 0.5) is 0 Å². The lowest BCUT2D eigenvalue weighted by molar-refractivity contribution is -0.152. The molecule has 0 bridgehead atoms. The zero-order chi connectivity index (χ0) is 14.6. The van der Waals surface area contributed by atoms with E-state index >= 15 is 0 Å². The van der Waals surface area contributed by atoms with E-state index in [0.29, 0.717) is 6.42 Å². The van der Waals surface area contributed by atoms with Crippen LogP contribution in [-0.4, -0.2) is 38.2 Å². The van der Waals surface area contributed by atoms with Crippen LogP contribution in [-0.2, 0) is 14.0 Å². The molecule has 0 aliphatic rings. The van der Waals surface area contributed by atoms with Crippen LogP contribution < -0.4 is 0 Å². The number of esters is 1. The maximum atomic E-state index is 11.7. The van der Waals surface area contributed by atoms with Gasteiger partial charge >= 0.3 is 5.97 Å². The number of aliphatic hydroxyl groups is 1. The lowest BCUT2D eigenvalue weighted by Gasteiger charge is -2.37. The van der Waals surface area contributed by atoms with Crippen molar-refractivity contribution in [3.63, 3.8) is 0 Å². The van der Waals surface area contributed by atoms with Crippen LogP contribution in [0.2, 0.25) is 18.1 Å².